The van der Waals surface area contributed by atoms with Crippen molar-refractivity contribution in [2.24, 2.45) is 0 Å². The molecule has 0 saturated carbocycles. The molecule has 0 unspecified atom stereocenters. The van der Waals surface area contributed by atoms with Crippen molar-refractivity contribution in [2.75, 3.05) is 11.9 Å². The maximum atomic E-state index is 6.13. The Bertz CT molecular complexity index is 587. The van der Waals surface area contributed by atoms with Gasteiger partial charge in [0.05, 0.1) is 0 Å². The van der Waals surface area contributed by atoms with Crippen LogP contribution in [0.1, 0.15) is 17.5 Å². The Labute approximate surface area is 112 Å². The van der Waals surface area contributed by atoms with E-state index in [9.17, 15) is 0 Å². The molecule has 0 saturated heterocycles. The van der Waals surface area contributed by atoms with Gasteiger partial charge in [-0.05, 0) is 35.8 Å². The number of rotatable bonds is 1. The second-order valence-corrected chi connectivity index (χ2v) is 4.83. The standard InChI is InChI=1S/C16H14ClN/c17-13-8-9-16-15(11-13)14(7-4-10-18-16)12-5-2-1-3-6-12/h1-3,5-9,11,18H,4,10H2. The van der Waals surface area contributed by atoms with Crippen molar-refractivity contribution in [3.63, 3.8) is 0 Å². The minimum atomic E-state index is 0.777. The van der Waals surface area contributed by atoms with Gasteiger partial charge in [-0.1, -0.05) is 48.0 Å². The molecule has 0 atom stereocenters. The summed E-state index contributed by atoms with van der Waals surface area (Å²) >= 11 is 6.13. The van der Waals surface area contributed by atoms with Crippen LogP contribution in [0.5, 0.6) is 0 Å². The Hall–Kier alpha value is -1.73. The Balaban J connectivity index is 2.16. The molecule has 1 nitrogen and oxygen atoms in total. The van der Waals surface area contributed by atoms with Gasteiger partial charge in [0.2, 0.25) is 0 Å². The molecule has 1 aliphatic heterocycles. The summed E-state index contributed by atoms with van der Waals surface area (Å²) in [6, 6.07) is 16.5. The molecule has 1 aliphatic rings. The van der Waals surface area contributed by atoms with Crippen LogP contribution in [0.25, 0.3) is 5.57 Å². The zero-order valence-corrected chi connectivity index (χ0v) is 10.7. The van der Waals surface area contributed by atoms with Crippen LogP contribution < -0.4 is 5.32 Å². The second kappa shape index (κ2) is 4.87. The molecule has 2 aromatic rings. The van der Waals surface area contributed by atoms with Crippen LogP contribution in [0, 0.1) is 0 Å². The van der Waals surface area contributed by atoms with Gasteiger partial charge in [0.25, 0.3) is 0 Å². The van der Waals surface area contributed by atoms with E-state index in [0.717, 1.165) is 23.7 Å². The highest BCUT2D eigenvalue weighted by molar-refractivity contribution is 6.31. The molecule has 0 bridgehead atoms. The number of hydrogen-bond donors (Lipinski definition) is 1. The van der Waals surface area contributed by atoms with Crippen molar-refractivity contribution in [1.82, 2.24) is 0 Å². The Morgan fingerprint density at radius 3 is 2.67 bits per heavy atom. The smallest absolute Gasteiger partial charge is 0.0421 e. The van der Waals surface area contributed by atoms with E-state index in [1.54, 1.807) is 0 Å². The van der Waals surface area contributed by atoms with Crippen molar-refractivity contribution in [3.8, 4) is 0 Å². The average molecular weight is 256 g/mol. The number of hydrogen-bond acceptors (Lipinski definition) is 1. The van der Waals surface area contributed by atoms with E-state index in [0.29, 0.717) is 0 Å². The monoisotopic (exact) mass is 255 g/mol. The van der Waals surface area contributed by atoms with E-state index in [1.807, 2.05) is 18.2 Å². The molecule has 3 rings (SSSR count). The van der Waals surface area contributed by atoms with Crippen LogP contribution in [0.3, 0.4) is 0 Å². The molecule has 0 fully saturated rings. The molecule has 0 aromatic heterocycles. The van der Waals surface area contributed by atoms with Crippen LogP contribution in [-0.2, 0) is 0 Å². The van der Waals surface area contributed by atoms with Gasteiger partial charge in [0, 0.05) is 22.8 Å². The highest BCUT2D eigenvalue weighted by Gasteiger charge is 2.12. The number of anilines is 1. The number of fused-ring (bicyclic) bond motifs is 1. The summed E-state index contributed by atoms with van der Waals surface area (Å²) < 4.78 is 0. The molecule has 0 aliphatic carbocycles. The molecular weight excluding hydrogens is 242 g/mol. The lowest BCUT2D eigenvalue weighted by atomic mass is 9.96. The lowest BCUT2D eigenvalue weighted by Crippen LogP contribution is -1.99. The van der Waals surface area contributed by atoms with E-state index in [1.165, 1.54) is 16.7 Å². The predicted molar refractivity (Wildman–Crippen MR) is 78.1 cm³/mol. The van der Waals surface area contributed by atoms with E-state index >= 15 is 0 Å². The second-order valence-electron chi connectivity index (χ2n) is 4.39. The molecule has 18 heavy (non-hydrogen) atoms. The lowest BCUT2D eigenvalue weighted by Gasteiger charge is -2.12. The molecule has 0 spiro atoms. The lowest BCUT2D eigenvalue weighted by molar-refractivity contribution is 1.08. The highest BCUT2D eigenvalue weighted by Crippen LogP contribution is 2.33. The molecule has 1 N–H and O–H groups in total. The fraction of sp³-hybridized carbons (Fsp3) is 0.125. The topological polar surface area (TPSA) is 12.0 Å². The first-order valence-corrected chi connectivity index (χ1v) is 6.52. The molecule has 1 heterocycles. The third-order valence-corrected chi connectivity index (χ3v) is 3.40. The van der Waals surface area contributed by atoms with Crippen molar-refractivity contribution in [2.45, 2.75) is 6.42 Å². The third-order valence-electron chi connectivity index (χ3n) is 3.16. The number of benzene rings is 2. The van der Waals surface area contributed by atoms with Crippen molar-refractivity contribution in [3.05, 3.63) is 70.8 Å². The van der Waals surface area contributed by atoms with Gasteiger partial charge < -0.3 is 5.32 Å². The Morgan fingerprint density at radius 2 is 1.83 bits per heavy atom. The van der Waals surface area contributed by atoms with Crippen LogP contribution in [0.2, 0.25) is 5.02 Å². The van der Waals surface area contributed by atoms with Gasteiger partial charge in [0.1, 0.15) is 0 Å². The summed E-state index contributed by atoms with van der Waals surface area (Å²) in [5, 5.41) is 4.22. The van der Waals surface area contributed by atoms with Crippen LogP contribution in [0.15, 0.2) is 54.6 Å². The molecule has 2 heteroatoms. The highest BCUT2D eigenvalue weighted by atomic mass is 35.5. The van der Waals surface area contributed by atoms with E-state index < -0.39 is 0 Å². The maximum Gasteiger partial charge on any atom is 0.0421 e. The van der Waals surface area contributed by atoms with Gasteiger partial charge in [0.15, 0.2) is 0 Å². The molecule has 0 radical (unpaired) electrons. The Kier molecular flexibility index (Phi) is 3.07. The first kappa shape index (κ1) is 11.4. The van der Waals surface area contributed by atoms with Crippen molar-refractivity contribution in [1.29, 1.82) is 0 Å². The molecular formula is C16H14ClN. The summed E-state index contributed by atoms with van der Waals surface area (Å²) in [4.78, 5) is 0. The normalized spacial score (nSPS) is 14.2. The fourth-order valence-electron chi connectivity index (χ4n) is 2.32. The predicted octanol–water partition coefficient (Wildman–Crippen LogP) is 4.59. The fourth-order valence-corrected chi connectivity index (χ4v) is 2.49. The summed E-state index contributed by atoms with van der Waals surface area (Å²) in [5.41, 5.74) is 4.85. The first-order valence-electron chi connectivity index (χ1n) is 6.14. The summed E-state index contributed by atoms with van der Waals surface area (Å²) in [6.45, 7) is 0.963. The molecule has 90 valence electrons. The van der Waals surface area contributed by atoms with Gasteiger partial charge in [-0.3, -0.25) is 0 Å². The van der Waals surface area contributed by atoms with Gasteiger partial charge >= 0.3 is 0 Å². The largest absolute Gasteiger partial charge is 0.384 e. The summed E-state index contributed by atoms with van der Waals surface area (Å²) in [7, 11) is 0. The van der Waals surface area contributed by atoms with E-state index in [4.69, 9.17) is 11.6 Å². The molecule has 2 aromatic carbocycles. The van der Waals surface area contributed by atoms with Gasteiger partial charge in [-0.15, -0.1) is 0 Å². The third kappa shape index (κ3) is 2.14. The quantitative estimate of drug-likeness (QED) is 0.786. The van der Waals surface area contributed by atoms with Crippen LogP contribution >= 0.6 is 11.6 Å². The Morgan fingerprint density at radius 1 is 1.00 bits per heavy atom. The van der Waals surface area contributed by atoms with Gasteiger partial charge in [-0.25, -0.2) is 0 Å². The van der Waals surface area contributed by atoms with E-state index in [2.05, 4.69) is 41.7 Å². The zero-order valence-electron chi connectivity index (χ0n) is 9.99. The summed E-state index contributed by atoms with van der Waals surface area (Å²) in [6.07, 6.45) is 3.31. The summed E-state index contributed by atoms with van der Waals surface area (Å²) in [5.74, 6) is 0. The van der Waals surface area contributed by atoms with Crippen molar-refractivity contribution < 1.29 is 0 Å². The molecule has 0 amide bonds. The van der Waals surface area contributed by atoms with Gasteiger partial charge in [-0.2, -0.15) is 0 Å². The minimum absolute atomic E-state index is 0.777. The van der Waals surface area contributed by atoms with Crippen LogP contribution in [-0.4, -0.2) is 6.54 Å². The van der Waals surface area contributed by atoms with Crippen molar-refractivity contribution >= 4 is 22.9 Å². The van der Waals surface area contributed by atoms with Crippen LogP contribution in [0.4, 0.5) is 5.69 Å². The number of halogens is 1. The maximum absolute atomic E-state index is 6.13. The zero-order chi connectivity index (χ0) is 12.4. The average Bonchev–Trinajstić information content (AvgIpc) is 2.61. The first-order chi connectivity index (χ1) is 8.84. The van der Waals surface area contributed by atoms with E-state index in [-0.39, 0.29) is 0 Å². The SMILES string of the molecule is Clc1ccc2c(c1)C(c1ccccc1)=CCCN2. The number of nitrogens with one attached hydrogen (secondary N) is 1. The minimum Gasteiger partial charge on any atom is -0.384 e.